The zero-order valence-electron chi connectivity index (χ0n) is 8.51. The van der Waals surface area contributed by atoms with Gasteiger partial charge in [-0.1, -0.05) is 18.2 Å². The van der Waals surface area contributed by atoms with Gasteiger partial charge in [0.1, 0.15) is 11.5 Å². The number of aromatic nitrogens is 2. The maximum atomic E-state index is 7.38. The number of nitrogens with one attached hydrogen (secondary N) is 2. The van der Waals surface area contributed by atoms with Crippen LogP contribution in [-0.4, -0.2) is 15.8 Å². The van der Waals surface area contributed by atoms with Crippen LogP contribution in [0.1, 0.15) is 5.69 Å². The molecule has 5 nitrogen and oxygen atoms in total. The van der Waals surface area contributed by atoms with E-state index in [0.717, 1.165) is 5.69 Å². The summed E-state index contributed by atoms with van der Waals surface area (Å²) >= 11 is 0. The van der Waals surface area contributed by atoms with E-state index in [1.165, 1.54) is 6.20 Å². The summed E-state index contributed by atoms with van der Waals surface area (Å²) in [6.07, 6.45) is 3.06. The molecular weight excluding hydrogens is 202 g/mol. The van der Waals surface area contributed by atoms with Gasteiger partial charge in [0.2, 0.25) is 0 Å². The molecule has 1 aromatic carbocycles. The Bertz CT molecular complexity index is 495. The zero-order chi connectivity index (χ0) is 11.4. The molecule has 0 aliphatic heterocycles. The summed E-state index contributed by atoms with van der Waals surface area (Å²) in [5.41, 5.74) is 6.64. The molecule has 0 aliphatic carbocycles. The van der Waals surface area contributed by atoms with E-state index in [-0.39, 0.29) is 5.84 Å². The van der Waals surface area contributed by atoms with Gasteiger partial charge in [-0.05, 0) is 12.1 Å². The Morgan fingerprint density at radius 2 is 1.81 bits per heavy atom. The van der Waals surface area contributed by atoms with Gasteiger partial charge in [0.05, 0.1) is 0 Å². The molecule has 0 saturated heterocycles. The minimum absolute atomic E-state index is 0.105. The summed E-state index contributed by atoms with van der Waals surface area (Å²) in [6, 6.07) is 9.54. The first-order valence-electron chi connectivity index (χ1n) is 4.75. The fourth-order valence-corrected chi connectivity index (χ4v) is 1.28. The Morgan fingerprint density at radius 1 is 1.12 bits per heavy atom. The molecule has 0 amide bonds. The summed E-state index contributed by atoms with van der Waals surface area (Å²) in [5, 5.41) is 10.4. The Labute approximate surface area is 92.9 Å². The fraction of sp³-hybridized carbons (Fsp3) is 0. The van der Waals surface area contributed by atoms with Crippen LogP contribution in [0.25, 0.3) is 0 Å². The van der Waals surface area contributed by atoms with E-state index in [9.17, 15) is 0 Å². The second kappa shape index (κ2) is 4.39. The average Bonchev–Trinajstić information content (AvgIpc) is 2.31. The van der Waals surface area contributed by atoms with Crippen molar-refractivity contribution in [3.8, 4) is 0 Å². The Kier molecular flexibility index (Phi) is 2.77. The fourth-order valence-electron chi connectivity index (χ4n) is 1.28. The SMILES string of the molecule is N=C(N)c1nccnc1Nc1ccccc1. The first-order chi connectivity index (χ1) is 7.77. The number of anilines is 2. The molecule has 2 aromatic rings. The molecule has 0 unspecified atom stereocenters. The summed E-state index contributed by atoms with van der Waals surface area (Å²) in [5.74, 6) is 0.382. The van der Waals surface area contributed by atoms with Crippen LogP contribution >= 0.6 is 0 Å². The van der Waals surface area contributed by atoms with Gasteiger partial charge in [0.25, 0.3) is 0 Å². The van der Waals surface area contributed by atoms with Gasteiger partial charge in [0, 0.05) is 18.1 Å². The number of nitrogens with zero attached hydrogens (tertiary/aromatic N) is 2. The third kappa shape index (κ3) is 2.14. The van der Waals surface area contributed by atoms with Crippen molar-refractivity contribution in [2.24, 2.45) is 5.73 Å². The molecule has 0 aliphatic rings. The van der Waals surface area contributed by atoms with E-state index in [2.05, 4.69) is 15.3 Å². The van der Waals surface area contributed by atoms with Crippen molar-refractivity contribution in [3.63, 3.8) is 0 Å². The number of hydrogen-bond acceptors (Lipinski definition) is 4. The predicted molar refractivity (Wildman–Crippen MR) is 62.8 cm³/mol. The molecule has 0 radical (unpaired) electrons. The van der Waals surface area contributed by atoms with Gasteiger partial charge in [-0.3, -0.25) is 5.41 Å². The summed E-state index contributed by atoms with van der Waals surface area (Å²) in [6.45, 7) is 0. The van der Waals surface area contributed by atoms with Crippen LogP contribution in [0.3, 0.4) is 0 Å². The number of para-hydroxylation sites is 1. The third-order valence-corrected chi connectivity index (χ3v) is 1.99. The number of amidine groups is 1. The molecule has 0 fully saturated rings. The Balaban J connectivity index is 2.31. The normalized spacial score (nSPS) is 9.75. The molecule has 0 atom stereocenters. The van der Waals surface area contributed by atoms with E-state index in [0.29, 0.717) is 11.5 Å². The molecule has 5 heteroatoms. The summed E-state index contributed by atoms with van der Waals surface area (Å²) in [4.78, 5) is 8.10. The van der Waals surface area contributed by atoms with Crippen LogP contribution in [0.4, 0.5) is 11.5 Å². The second-order valence-corrected chi connectivity index (χ2v) is 3.16. The number of nitrogens with two attached hydrogens (primary N) is 1. The lowest BCUT2D eigenvalue weighted by molar-refractivity contribution is 1.16. The van der Waals surface area contributed by atoms with E-state index in [4.69, 9.17) is 11.1 Å². The molecule has 0 spiro atoms. The predicted octanol–water partition coefficient (Wildman–Crippen LogP) is 1.50. The standard InChI is InChI=1S/C11H11N5/c12-10(13)9-11(15-7-6-14-9)16-8-4-2-1-3-5-8/h1-7H,(H3,12,13)(H,15,16). The lowest BCUT2D eigenvalue weighted by Crippen LogP contribution is -2.16. The Hall–Kier alpha value is -2.43. The van der Waals surface area contributed by atoms with Gasteiger partial charge in [-0.25, -0.2) is 9.97 Å². The quantitative estimate of drug-likeness (QED) is 0.532. The zero-order valence-corrected chi connectivity index (χ0v) is 8.51. The molecule has 0 saturated carbocycles. The number of hydrogen-bond donors (Lipinski definition) is 3. The van der Waals surface area contributed by atoms with Gasteiger partial charge in [0.15, 0.2) is 5.82 Å². The van der Waals surface area contributed by atoms with E-state index in [1.54, 1.807) is 6.20 Å². The van der Waals surface area contributed by atoms with Crippen molar-refractivity contribution in [1.82, 2.24) is 9.97 Å². The van der Waals surface area contributed by atoms with Gasteiger partial charge in [-0.2, -0.15) is 0 Å². The molecule has 1 aromatic heterocycles. The lowest BCUT2D eigenvalue weighted by Gasteiger charge is -2.08. The van der Waals surface area contributed by atoms with Crippen LogP contribution in [-0.2, 0) is 0 Å². The van der Waals surface area contributed by atoms with Gasteiger partial charge in [-0.15, -0.1) is 0 Å². The Morgan fingerprint density at radius 3 is 2.50 bits per heavy atom. The molecule has 16 heavy (non-hydrogen) atoms. The van der Waals surface area contributed by atoms with Crippen LogP contribution in [0.5, 0.6) is 0 Å². The van der Waals surface area contributed by atoms with E-state index < -0.39 is 0 Å². The average molecular weight is 213 g/mol. The molecule has 2 rings (SSSR count). The smallest absolute Gasteiger partial charge is 0.160 e. The van der Waals surface area contributed by atoms with Gasteiger partial charge >= 0.3 is 0 Å². The maximum absolute atomic E-state index is 7.38. The summed E-state index contributed by atoms with van der Waals surface area (Å²) < 4.78 is 0. The highest BCUT2D eigenvalue weighted by atomic mass is 15.0. The maximum Gasteiger partial charge on any atom is 0.160 e. The van der Waals surface area contributed by atoms with Crippen molar-refractivity contribution in [3.05, 3.63) is 48.4 Å². The third-order valence-electron chi connectivity index (χ3n) is 1.99. The number of rotatable bonds is 3. The van der Waals surface area contributed by atoms with Crippen molar-refractivity contribution in [2.75, 3.05) is 5.32 Å². The van der Waals surface area contributed by atoms with E-state index in [1.807, 2.05) is 30.3 Å². The van der Waals surface area contributed by atoms with Crippen molar-refractivity contribution < 1.29 is 0 Å². The minimum atomic E-state index is -0.105. The first kappa shape index (κ1) is 10.1. The van der Waals surface area contributed by atoms with Crippen LogP contribution in [0.15, 0.2) is 42.7 Å². The van der Waals surface area contributed by atoms with Crippen LogP contribution < -0.4 is 11.1 Å². The van der Waals surface area contributed by atoms with Gasteiger partial charge < -0.3 is 11.1 Å². The topological polar surface area (TPSA) is 87.7 Å². The highest BCUT2D eigenvalue weighted by molar-refractivity contribution is 5.97. The first-order valence-corrected chi connectivity index (χ1v) is 4.75. The van der Waals surface area contributed by atoms with Crippen molar-refractivity contribution in [2.45, 2.75) is 0 Å². The molecule has 4 N–H and O–H groups in total. The largest absolute Gasteiger partial charge is 0.382 e. The molecular formula is C11H11N5. The molecule has 0 bridgehead atoms. The molecule has 1 heterocycles. The van der Waals surface area contributed by atoms with Crippen molar-refractivity contribution >= 4 is 17.3 Å². The molecule has 80 valence electrons. The summed E-state index contributed by atoms with van der Waals surface area (Å²) in [7, 11) is 0. The highest BCUT2D eigenvalue weighted by Crippen LogP contribution is 2.15. The monoisotopic (exact) mass is 213 g/mol. The number of benzene rings is 1. The second-order valence-electron chi connectivity index (χ2n) is 3.16. The van der Waals surface area contributed by atoms with Crippen LogP contribution in [0.2, 0.25) is 0 Å². The highest BCUT2D eigenvalue weighted by Gasteiger charge is 2.07. The minimum Gasteiger partial charge on any atom is -0.382 e. The number of nitrogen functional groups attached to an aromatic ring is 1. The van der Waals surface area contributed by atoms with Crippen LogP contribution in [0, 0.1) is 5.41 Å². The van der Waals surface area contributed by atoms with Crippen molar-refractivity contribution in [1.29, 1.82) is 5.41 Å². The van der Waals surface area contributed by atoms with E-state index >= 15 is 0 Å². The lowest BCUT2D eigenvalue weighted by atomic mass is 10.3.